The summed E-state index contributed by atoms with van der Waals surface area (Å²) in [7, 11) is 0. The molecule has 1 aliphatic rings. The largest absolute Gasteiger partial charge is 0.449 e. The van der Waals surface area contributed by atoms with E-state index in [1.807, 2.05) is 24.3 Å². The molecule has 2 aromatic carbocycles. The number of fused-ring (bicyclic) bond motifs is 1. The molecule has 0 bridgehead atoms. The Kier molecular flexibility index (Phi) is 4.78. The fourth-order valence-corrected chi connectivity index (χ4v) is 2.99. The Labute approximate surface area is 149 Å². The van der Waals surface area contributed by atoms with Gasteiger partial charge in [0, 0.05) is 12.2 Å². The van der Waals surface area contributed by atoms with Gasteiger partial charge in [-0.2, -0.15) is 0 Å². The summed E-state index contributed by atoms with van der Waals surface area (Å²) >= 11 is 11.7. The number of esters is 1. The molecule has 124 valence electrons. The fraction of sp³-hybridized carbons (Fsp3) is 0.222. The van der Waals surface area contributed by atoms with E-state index in [1.165, 1.54) is 18.2 Å². The molecule has 1 heterocycles. The summed E-state index contributed by atoms with van der Waals surface area (Å²) in [5.74, 6) is -0.852. The summed E-state index contributed by atoms with van der Waals surface area (Å²) in [6, 6.07) is 12.2. The SMILES string of the molecule is CC(OC(=O)c1ccc(Cl)c(Cl)c1)C(=O)N1CCc2ccccc21. The van der Waals surface area contributed by atoms with Crippen LogP contribution in [-0.4, -0.2) is 24.5 Å². The lowest BCUT2D eigenvalue weighted by molar-refractivity contribution is -0.126. The van der Waals surface area contributed by atoms with Crippen LogP contribution >= 0.6 is 23.2 Å². The maximum absolute atomic E-state index is 12.6. The first kappa shape index (κ1) is 16.8. The Bertz CT molecular complexity index is 807. The summed E-state index contributed by atoms with van der Waals surface area (Å²) in [5.41, 5.74) is 2.25. The molecule has 0 N–H and O–H groups in total. The third-order valence-corrected chi connectivity index (χ3v) is 4.68. The summed E-state index contributed by atoms with van der Waals surface area (Å²) in [6.07, 6.45) is -0.0897. The average Bonchev–Trinajstić information content (AvgIpc) is 3.00. The molecule has 2 aromatic rings. The minimum Gasteiger partial charge on any atom is -0.449 e. The molecule has 0 saturated heterocycles. The van der Waals surface area contributed by atoms with Crippen molar-refractivity contribution in [3.05, 3.63) is 63.6 Å². The molecule has 0 aliphatic carbocycles. The lowest BCUT2D eigenvalue weighted by Crippen LogP contribution is -2.39. The monoisotopic (exact) mass is 363 g/mol. The van der Waals surface area contributed by atoms with Crippen LogP contribution in [0.2, 0.25) is 10.0 Å². The smallest absolute Gasteiger partial charge is 0.338 e. The lowest BCUT2D eigenvalue weighted by atomic mass is 10.2. The molecular formula is C18H15Cl2NO3. The van der Waals surface area contributed by atoms with E-state index in [0.29, 0.717) is 11.6 Å². The standard InChI is InChI=1S/C18H15Cl2NO3/c1-11(24-18(23)13-6-7-14(19)15(20)10-13)17(22)21-9-8-12-4-2-3-5-16(12)21/h2-7,10-11H,8-9H2,1H3. The Morgan fingerprint density at radius 2 is 1.88 bits per heavy atom. The Morgan fingerprint density at radius 3 is 2.62 bits per heavy atom. The minimum atomic E-state index is -0.891. The van der Waals surface area contributed by atoms with Crippen LogP contribution < -0.4 is 4.90 Å². The van der Waals surface area contributed by atoms with Crippen molar-refractivity contribution in [3.8, 4) is 0 Å². The number of anilines is 1. The predicted octanol–water partition coefficient (Wildman–Crippen LogP) is 4.13. The van der Waals surface area contributed by atoms with E-state index < -0.39 is 12.1 Å². The van der Waals surface area contributed by atoms with Crippen molar-refractivity contribution in [2.45, 2.75) is 19.4 Å². The molecule has 6 heteroatoms. The number of benzene rings is 2. The van der Waals surface area contributed by atoms with Crippen LogP contribution in [0, 0.1) is 0 Å². The molecule has 1 atom stereocenters. The molecule has 1 aliphatic heterocycles. The Balaban J connectivity index is 1.70. The molecule has 0 saturated carbocycles. The molecular weight excluding hydrogens is 349 g/mol. The second-order valence-corrected chi connectivity index (χ2v) is 6.36. The van der Waals surface area contributed by atoms with Crippen molar-refractivity contribution in [1.82, 2.24) is 0 Å². The summed E-state index contributed by atoms with van der Waals surface area (Å²) < 4.78 is 5.29. The normalized spacial score (nSPS) is 14.2. The molecule has 3 rings (SSSR count). The highest BCUT2D eigenvalue weighted by atomic mass is 35.5. The van der Waals surface area contributed by atoms with Gasteiger partial charge >= 0.3 is 5.97 Å². The third kappa shape index (κ3) is 3.25. The second kappa shape index (κ2) is 6.83. The van der Waals surface area contributed by atoms with E-state index in [9.17, 15) is 9.59 Å². The highest BCUT2D eigenvalue weighted by molar-refractivity contribution is 6.42. The number of halogens is 2. The number of amides is 1. The average molecular weight is 364 g/mol. The number of hydrogen-bond donors (Lipinski definition) is 0. The van der Waals surface area contributed by atoms with Crippen molar-refractivity contribution >= 4 is 40.8 Å². The molecule has 0 fully saturated rings. The highest BCUT2D eigenvalue weighted by Crippen LogP contribution is 2.28. The van der Waals surface area contributed by atoms with Crippen molar-refractivity contribution in [2.24, 2.45) is 0 Å². The number of carbonyl (C=O) groups excluding carboxylic acids is 2. The van der Waals surface area contributed by atoms with Crippen LogP contribution in [0.5, 0.6) is 0 Å². The third-order valence-electron chi connectivity index (χ3n) is 3.94. The number of para-hydroxylation sites is 1. The van der Waals surface area contributed by atoms with Crippen molar-refractivity contribution < 1.29 is 14.3 Å². The van der Waals surface area contributed by atoms with Crippen molar-refractivity contribution in [2.75, 3.05) is 11.4 Å². The Morgan fingerprint density at radius 1 is 1.12 bits per heavy atom. The van der Waals surface area contributed by atoms with Gasteiger partial charge < -0.3 is 9.64 Å². The first-order valence-corrected chi connectivity index (χ1v) is 8.28. The van der Waals surface area contributed by atoms with Crippen LogP contribution in [0.3, 0.4) is 0 Å². The van der Waals surface area contributed by atoms with Gasteiger partial charge in [-0.15, -0.1) is 0 Å². The molecule has 0 radical (unpaired) electrons. The van der Waals surface area contributed by atoms with E-state index in [0.717, 1.165) is 17.7 Å². The molecule has 0 spiro atoms. The van der Waals surface area contributed by atoms with Crippen molar-refractivity contribution in [3.63, 3.8) is 0 Å². The lowest BCUT2D eigenvalue weighted by Gasteiger charge is -2.21. The first-order chi connectivity index (χ1) is 11.5. The molecule has 0 aromatic heterocycles. The maximum Gasteiger partial charge on any atom is 0.338 e. The summed E-state index contributed by atoms with van der Waals surface area (Å²) in [6.45, 7) is 2.16. The van der Waals surface area contributed by atoms with E-state index in [2.05, 4.69) is 0 Å². The second-order valence-electron chi connectivity index (χ2n) is 5.55. The van der Waals surface area contributed by atoms with Crippen molar-refractivity contribution in [1.29, 1.82) is 0 Å². The topological polar surface area (TPSA) is 46.6 Å². The van der Waals surface area contributed by atoms with Gasteiger partial charge in [0.25, 0.3) is 5.91 Å². The van der Waals surface area contributed by atoms with Crippen LogP contribution in [0.15, 0.2) is 42.5 Å². The van der Waals surface area contributed by atoms with Crippen LogP contribution in [0.25, 0.3) is 0 Å². The summed E-state index contributed by atoms with van der Waals surface area (Å²) in [4.78, 5) is 26.4. The van der Waals surface area contributed by atoms with Gasteiger partial charge in [-0.05, 0) is 43.2 Å². The predicted molar refractivity (Wildman–Crippen MR) is 93.8 cm³/mol. The van der Waals surface area contributed by atoms with Gasteiger partial charge in [-0.3, -0.25) is 4.79 Å². The zero-order valence-corrected chi connectivity index (χ0v) is 14.5. The van der Waals surface area contributed by atoms with E-state index in [-0.39, 0.29) is 16.5 Å². The Hall–Kier alpha value is -2.04. The molecule has 24 heavy (non-hydrogen) atoms. The van der Waals surface area contributed by atoms with Crippen LogP contribution in [-0.2, 0) is 16.0 Å². The van der Waals surface area contributed by atoms with Crippen LogP contribution in [0.4, 0.5) is 5.69 Å². The maximum atomic E-state index is 12.6. The summed E-state index contributed by atoms with van der Waals surface area (Å²) in [5, 5.41) is 0.615. The quantitative estimate of drug-likeness (QED) is 0.770. The van der Waals surface area contributed by atoms with Gasteiger partial charge in [-0.1, -0.05) is 41.4 Å². The van der Waals surface area contributed by atoms with Crippen LogP contribution in [0.1, 0.15) is 22.8 Å². The minimum absolute atomic E-state index is 0.242. The molecule has 1 amide bonds. The molecule has 1 unspecified atom stereocenters. The van der Waals surface area contributed by atoms with Gasteiger partial charge in [0.2, 0.25) is 0 Å². The number of carbonyl (C=O) groups is 2. The van der Waals surface area contributed by atoms with E-state index in [1.54, 1.807) is 11.8 Å². The van der Waals surface area contributed by atoms with Gasteiger partial charge in [0.1, 0.15) is 0 Å². The van der Waals surface area contributed by atoms with E-state index in [4.69, 9.17) is 27.9 Å². The van der Waals surface area contributed by atoms with Gasteiger partial charge in [0.15, 0.2) is 6.10 Å². The zero-order chi connectivity index (χ0) is 17.3. The van der Waals surface area contributed by atoms with E-state index >= 15 is 0 Å². The zero-order valence-electron chi connectivity index (χ0n) is 13.0. The number of hydrogen-bond acceptors (Lipinski definition) is 3. The number of ether oxygens (including phenoxy) is 1. The van der Waals surface area contributed by atoms with Gasteiger partial charge in [0.05, 0.1) is 15.6 Å². The van der Waals surface area contributed by atoms with Gasteiger partial charge in [-0.25, -0.2) is 4.79 Å². The number of nitrogens with zero attached hydrogens (tertiary/aromatic N) is 1. The number of rotatable bonds is 3. The molecule has 4 nitrogen and oxygen atoms in total. The fourth-order valence-electron chi connectivity index (χ4n) is 2.69. The first-order valence-electron chi connectivity index (χ1n) is 7.52. The highest BCUT2D eigenvalue weighted by Gasteiger charge is 2.30.